The van der Waals surface area contributed by atoms with E-state index in [2.05, 4.69) is 10.6 Å². The van der Waals surface area contributed by atoms with E-state index in [0.717, 1.165) is 16.7 Å². The summed E-state index contributed by atoms with van der Waals surface area (Å²) in [6.45, 7) is 0.560. The lowest BCUT2D eigenvalue weighted by Gasteiger charge is -2.25. The highest BCUT2D eigenvalue weighted by atomic mass is 16.6. The van der Waals surface area contributed by atoms with E-state index in [0.29, 0.717) is 0 Å². The van der Waals surface area contributed by atoms with Crippen LogP contribution >= 0.6 is 0 Å². The van der Waals surface area contributed by atoms with Crippen molar-refractivity contribution in [2.45, 2.75) is 19.8 Å². The zero-order chi connectivity index (χ0) is 30.6. The highest BCUT2D eigenvalue weighted by molar-refractivity contribution is 6.03. The molecule has 2 amide bonds. The van der Waals surface area contributed by atoms with E-state index in [9.17, 15) is 4.79 Å². The Morgan fingerprint density at radius 3 is 1.30 bits per heavy atom. The number of carbonyl (C=O) groups is 1. The van der Waals surface area contributed by atoms with E-state index in [1.54, 1.807) is 14.1 Å². The number of urea groups is 1. The molecular formula is C33H36N4O6. The largest absolute Gasteiger partial charge is 0.491 e. The van der Waals surface area contributed by atoms with Crippen LogP contribution in [0.1, 0.15) is 16.7 Å². The maximum Gasteiger partial charge on any atom is 0.326 e. The Bertz CT molecular complexity index is 1430. The first-order valence-corrected chi connectivity index (χ1v) is 13.6. The second-order valence-corrected chi connectivity index (χ2v) is 9.57. The van der Waals surface area contributed by atoms with Crippen LogP contribution < -0.4 is 34.3 Å². The summed E-state index contributed by atoms with van der Waals surface area (Å²) in [5, 5.41) is 13.3. The Morgan fingerprint density at radius 1 is 0.628 bits per heavy atom. The standard InChI is InChI=1S/C33H36N4O6/c1-37(2)32(34)36-33(38)35-26-27(39-3)29(41-20-23-14-8-5-9-15-23)31(43-22-25-18-12-7-13-19-25)30(28(26)40-4)42-21-24-16-10-6-11-17-24/h5-19H,20-22H2,1-4H3,(H3,34,35,36,38). The fraction of sp³-hybridized carbons (Fsp3) is 0.212. The highest BCUT2D eigenvalue weighted by Gasteiger charge is 2.31. The van der Waals surface area contributed by atoms with Gasteiger partial charge in [-0.25, -0.2) is 4.79 Å². The third-order valence-corrected chi connectivity index (χ3v) is 6.28. The average molecular weight is 585 g/mol. The summed E-state index contributed by atoms with van der Waals surface area (Å²) >= 11 is 0. The topological polar surface area (TPSA) is 114 Å². The molecule has 0 heterocycles. The Kier molecular flexibility index (Phi) is 10.7. The predicted octanol–water partition coefficient (Wildman–Crippen LogP) is 6.06. The van der Waals surface area contributed by atoms with Crippen molar-refractivity contribution in [1.29, 1.82) is 5.41 Å². The zero-order valence-corrected chi connectivity index (χ0v) is 24.7. The number of benzene rings is 4. The molecule has 3 N–H and O–H groups in total. The molecule has 10 nitrogen and oxygen atoms in total. The molecular weight excluding hydrogens is 548 g/mol. The van der Waals surface area contributed by atoms with Crippen LogP contribution in [0.15, 0.2) is 91.0 Å². The van der Waals surface area contributed by atoms with Gasteiger partial charge >= 0.3 is 6.03 Å². The van der Waals surface area contributed by atoms with Crippen molar-refractivity contribution in [3.8, 4) is 28.7 Å². The van der Waals surface area contributed by atoms with Crippen LogP contribution in [0.25, 0.3) is 0 Å². The van der Waals surface area contributed by atoms with Gasteiger partial charge in [0.05, 0.1) is 14.2 Å². The summed E-state index contributed by atoms with van der Waals surface area (Å²) < 4.78 is 30.8. The highest BCUT2D eigenvalue weighted by Crippen LogP contribution is 2.57. The van der Waals surface area contributed by atoms with Crippen LogP contribution in [-0.4, -0.2) is 45.2 Å². The molecule has 0 atom stereocenters. The number of ether oxygens (including phenoxy) is 5. The van der Waals surface area contributed by atoms with Crippen molar-refractivity contribution in [3.63, 3.8) is 0 Å². The summed E-state index contributed by atoms with van der Waals surface area (Å²) in [6.07, 6.45) is 0. The number of hydrogen-bond donors (Lipinski definition) is 3. The van der Waals surface area contributed by atoms with Crippen molar-refractivity contribution >= 4 is 17.7 Å². The molecule has 224 valence electrons. The minimum Gasteiger partial charge on any atom is -0.491 e. The molecule has 4 aromatic rings. The summed E-state index contributed by atoms with van der Waals surface area (Å²) in [6, 6.07) is 28.3. The van der Waals surface area contributed by atoms with Crippen LogP contribution in [0, 0.1) is 5.41 Å². The first kappa shape index (κ1) is 30.6. The third kappa shape index (κ3) is 8.10. The molecule has 0 spiro atoms. The fourth-order valence-electron chi connectivity index (χ4n) is 4.09. The maximum absolute atomic E-state index is 13.0. The SMILES string of the molecule is COc1c(NC(=O)NC(=N)N(C)C)c(OC)c(OCc2ccccc2)c(OCc2ccccc2)c1OCc1ccccc1. The normalized spacial score (nSPS) is 10.3. The number of amides is 2. The molecule has 0 unspecified atom stereocenters. The predicted molar refractivity (Wildman–Crippen MR) is 165 cm³/mol. The van der Waals surface area contributed by atoms with E-state index >= 15 is 0 Å². The summed E-state index contributed by atoms with van der Waals surface area (Å²) in [5.41, 5.74) is 2.89. The smallest absolute Gasteiger partial charge is 0.326 e. The number of anilines is 1. The fourth-order valence-corrected chi connectivity index (χ4v) is 4.09. The van der Waals surface area contributed by atoms with Gasteiger partial charge < -0.3 is 33.9 Å². The van der Waals surface area contributed by atoms with Gasteiger partial charge in [-0.3, -0.25) is 10.7 Å². The number of nitrogens with zero attached hydrogens (tertiary/aromatic N) is 1. The number of rotatable bonds is 12. The number of nitrogens with one attached hydrogen (secondary N) is 3. The van der Waals surface area contributed by atoms with Crippen molar-refractivity contribution in [2.24, 2.45) is 0 Å². The Hall–Kier alpha value is -5.38. The lowest BCUT2D eigenvalue weighted by atomic mass is 10.1. The second kappa shape index (κ2) is 15.0. The number of guanidine groups is 1. The van der Waals surface area contributed by atoms with Gasteiger partial charge in [-0.15, -0.1) is 0 Å². The van der Waals surface area contributed by atoms with E-state index in [-0.39, 0.29) is 60.2 Å². The van der Waals surface area contributed by atoms with E-state index in [1.165, 1.54) is 19.1 Å². The van der Waals surface area contributed by atoms with Crippen molar-refractivity contribution < 1.29 is 28.5 Å². The Labute approximate surface area is 251 Å². The molecule has 43 heavy (non-hydrogen) atoms. The zero-order valence-electron chi connectivity index (χ0n) is 24.7. The van der Waals surface area contributed by atoms with Crippen LogP contribution in [-0.2, 0) is 19.8 Å². The van der Waals surface area contributed by atoms with Gasteiger partial charge in [-0.05, 0) is 16.7 Å². The van der Waals surface area contributed by atoms with Crippen molar-refractivity contribution in [1.82, 2.24) is 10.2 Å². The molecule has 0 saturated carbocycles. The van der Waals surface area contributed by atoms with Gasteiger partial charge in [-0.2, -0.15) is 0 Å². The minimum absolute atomic E-state index is 0.112. The molecule has 0 fully saturated rings. The van der Waals surface area contributed by atoms with Crippen molar-refractivity contribution in [3.05, 3.63) is 108 Å². The number of carbonyl (C=O) groups excluding carboxylic acids is 1. The molecule has 0 aliphatic heterocycles. The number of hydrogen-bond acceptors (Lipinski definition) is 7. The second-order valence-electron chi connectivity index (χ2n) is 9.57. The molecule has 0 aliphatic rings. The van der Waals surface area contributed by atoms with Crippen molar-refractivity contribution in [2.75, 3.05) is 33.6 Å². The van der Waals surface area contributed by atoms with Crippen LogP contribution in [0.4, 0.5) is 10.5 Å². The van der Waals surface area contributed by atoms with E-state index in [1.807, 2.05) is 91.0 Å². The number of methoxy groups -OCH3 is 2. The van der Waals surface area contributed by atoms with E-state index < -0.39 is 6.03 Å². The van der Waals surface area contributed by atoms with Crippen LogP contribution in [0.2, 0.25) is 0 Å². The van der Waals surface area contributed by atoms with Gasteiger partial charge in [0.25, 0.3) is 0 Å². The first-order chi connectivity index (χ1) is 20.9. The van der Waals surface area contributed by atoms with Gasteiger partial charge in [0.15, 0.2) is 17.5 Å². The molecule has 10 heteroatoms. The molecule has 4 rings (SSSR count). The molecule has 0 saturated heterocycles. The Morgan fingerprint density at radius 2 is 0.977 bits per heavy atom. The van der Waals surface area contributed by atoms with Gasteiger partial charge in [-0.1, -0.05) is 91.0 Å². The molecule has 0 aromatic heterocycles. The summed E-state index contributed by atoms with van der Waals surface area (Å²) in [7, 11) is 6.21. The van der Waals surface area contributed by atoms with Gasteiger partial charge in [0.1, 0.15) is 25.5 Å². The lowest BCUT2D eigenvalue weighted by molar-refractivity contribution is 0.215. The molecule has 0 aliphatic carbocycles. The maximum atomic E-state index is 13.0. The lowest BCUT2D eigenvalue weighted by Crippen LogP contribution is -2.41. The van der Waals surface area contributed by atoms with E-state index in [4.69, 9.17) is 29.1 Å². The molecule has 0 bridgehead atoms. The third-order valence-electron chi connectivity index (χ3n) is 6.28. The van der Waals surface area contributed by atoms with Crippen LogP contribution in [0.3, 0.4) is 0 Å². The summed E-state index contributed by atoms with van der Waals surface area (Å²) in [4.78, 5) is 14.5. The van der Waals surface area contributed by atoms with Gasteiger partial charge in [0, 0.05) is 14.1 Å². The monoisotopic (exact) mass is 584 g/mol. The Balaban J connectivity index is 1.84. The minimum atomic E-state index is -0.684. The average Bonchev–Trinajstić information content (AvgIpc) is 3.03. The summed E-state index contributed by atoms with van der Waals surface area (Å²) in [5.74, 6) is 0.882. The molecule has 0 radical (unpaired) electrons. The molecule has 4 aromatic carbocycles. The quantitative estimate of drug-likeness (QED) is 0.137. The van der Waals surface area contributed by atoms with Gasteiger partial charge in [0.2, 0.25) is 17.2 Å². The first-order valence-electron chi connectivity index (χ1n) is 13.6. The van der Waals surface area contributed by atoms with Crippen LogP contribution in [0.5, 0.6) is 28.7 Å².